The van der Waals surface area contributed by atoms with Crippen LogP contribution in [-0.2, 0) is 4.79 Å². The molecule has 3 heteroatoms. The molecule has 0 aromatic heterocycles. The van der Waals surface area contributed by atoms with Crippen LogP contribution in [-0.4, -0.2) is 19.0 Å². The van der Waals surface area contributed by atoms with Gasteiger partial charge in [0.1, 0.15) is 0 Å². The monoisotopic (exact) mass is 156 g/mol. The van der Waals surface area contributed by atoms with Crippen molar-refractivity contribution in [2.75, 3.05) is 13.1 Å². The Bertz CT molecular complexity index is 165. The van der Waals surface area contributed by atoms with E-state index in [1.807, 2.05) is 0 Å². The lowest BCUT2D eigenvalue weighted by molar-refractivity contribution is -0.119. The van der Waals surface area contributed by atoms with Gasteiger partial charge in [-0.25, -0.2) is 0 Å². The van der Waals surface area contributed by atoms with Crippen LogP contribution in [0, 0.1) is 11.3 Å². The first-order valence-electron chi connectivity index (χ1n) is 4.03. The highest BCUT2D eigenvalue weighted by Crippen LogP contribution is 2.50. The molecule has 1 aliphatic carbocycles. The molecule has 1 rings (SSSR count). The van der Waals surface area contributed by atoms with Gasteiger partial charge in [-0.05, 0) is 17.8 Å². The summed E-state index contributed by atoms with van der Waals surface area (Å²) in [6.07, 6.45) is 1.22. The number of nitrogens with two attached hydrogens (primary N) is 1. The van der Waals surface area contributed by atoms with Crippen LogP contribution in [0.1, 0.15) is 20.3 Å². The van der Waals surface area contributed by atoms with Crippen molar-refractivity contribution in [1.82, 2.24) is 5.32 Å². The van der Waals surface area contributed by atoms with Gasteiger partial charge >= 0.3 is 0 Å². The summed E-state index contributed by atoms with van der Waals surface area (Å²) in [4.78, 5) is 10.7. The summed E-state index contributed by atoms with van der Waals surface area (Å²) in [5, 5.41) is 2.79. The van der Waals surface area contributed by atoms with Crippen molar-refractivity contribution in [2.24, 2.45) is 17.1 Å². The van der Waals surface area contributed by atoms with Gasteiger partial charge in [0.2, 0.25) is 5.91 Å². The van der Waals surface area contributed by atoms with E-state index in [9.17, 15) is 4.79 Å². The molecule has 0 bridgehead atoms. The Morgan fingerprint density at radius 2 is 2.27 bits per heavy atom. The van der Waals surface area contributed by atoms with Crippen molar-refractivity contribution in [1.29, 1.82) is 0 Å². The first kappa shape index (κ1) is 8.53. The predicted molar refractivity (Wildman–Crippen MR) is 44.0 cm³/mol. The van der Waals surface area contributed by atoms with Crippen molar-refractivity contribution in [2.45, 2.75) is 20.3 Å². The van der Waals surface area contributed by atoms with Gasteiger partial charge in [0.25, 0.3) is 0 Å². The molecule has 3 N–H and O–H groups in total. The Hall–Kier alpha value is -0.570. The molecule has 1 fully saturated rings. The van der Waals surface area contributed by atoms with Gasteiger partial charge in [0.15, 0.2) is 0 Å². The molecule has 1 saturated carbocycles. The third kappa shape index (κ3) is 2.19. The normalized spacial score (nSPS) is 26.3. The number of carbonyl (C=O) groups is 1. The maximum atomic E-state index is 10.7. The van der Waals surface area contributed by atoms with Crippen LogP contribution in [0.15, 0.2) is 0 Å². The fourth-order valence-electron chi connectivity index (χ4n) is 1.23. The zero-order valence-electron chi connectivity index (χ0n) is 7.18. The third-order valence-electron chi connectivity index (χ3n) is 2.45. The molecule has 0 heterocycles. The number of hydrogen-bond acceptors (Lipinski definition) is 2. The molecule has 0 aliphatic heterocycles. The number of hydrogen-bond donors (Lipinski definition) is 2. The van der Waals surface area contributed by atoms with Crippen LogP contribution in [0.3, 0.4) is 0 Å². The summed E-state index contributed by atoms with van der Waals surface area (Å²) in [5.74, 6) is 0.616. The van der Waals surface area contributed by atoms with E-state index in [4.69, 9.17) is 5.73 Å². The van der Waals surface area contributed by atoms with Crippen molar-refractivity contribution < 1.29 is 4.79 Å². The van der Waals surface area contributed by atoms with Gasteiger partial charge in [-0.1, -0.05) is 13.8 Å². The van der Waals surface area contributed by atoms with Crippen LogP contribution < -0.4 is 11.1 Å². The Kier molecular flexibility index (Phi) is 2.18. The quantitative estimate of drug-likeness (QED) is 0.609. The first-order valence-corrected chi connectivity index (χ1v) is 4.03. The summed E-state index contributed by atoms with van der Waals surface area (Å²) < 4.78 is 0. The fraction of sp³-hybridized carbons (Fsp3) is 0.875. The maximum Gasteiger partial charge on any atom is 0.233 e. The molecule has 0 spiro atoms. The standard InChI is InChI=1S/C8H16N2O/c1-8(2)3-6(8)5-10-7(11)4-9/h6H,3-5,9H2,1-2H3,(H,10,11). The lowest BCUT2D eigenvalue weighted by Gasteiger charge is -2.04. The molecular formula is C8H16N2O. The zero-order valence-corrected chi connectivity index (χ0v) is 7.18. The van der Waals surface area contributed by atoms with E-state index in [1.54, 1.807) is 0 Å². The molecule has 0 saturated heterocycles. The van der Waals surface area contributed by atoms with Gasteiger partial charge in [-0.15, -0.1) is 0 Å². The highest BCUT2D eigenvalue weighted by Gasteiger charge is 2.45. The van der Waals surface area contributed by atoms with Crippen LogP contribution >= 0.6 is 0 Å². The first-order chi connectivity index (χ1) is 5.06. The molecule has 3 nitrogen and oxygen atoms in total. The van der Waals surface area contributed by atoms with E-state index in [2.05, 4.69) is 19.2 Å². The largest absolute Gasteiger partial charge is 0.355 e. The van der Waals surface area contributed by atoms with Gasteiger partial charge < -0.3 is 11.1 Å². The van der Waals surface area contributed by atoms with Gasteiger partial charge in [-0.2, -0.15) is 0 Å². The minimum Gasteiger partial charge on any atom is -0.355 e. The second-order valence-corrected chi connectivity index (χ2v) is 3.90. The van der Waals surface area contributed by atoms with E-state index in [0.717, 1.165) is 6.54 Å². The molecule has 1 amide bonds. The molecule has 64 valence electrons. The fourth-order valence-corrected chi connectivity index (χ4v) is 1.23. The maximum absolute atomic E-state index is 10.7. The van der Waals surface area contributed by atoms with Crippen LogP contribution in [0.4, 0.5) is 0 Å². The van der Waals surface area contributed by atoms with Crippen molar-refractivity contribution in [3.8, 4) is 0 Å². The molecule has 0 radical (unpaired) electrons. The summed E-state index contributed by atoms with van der Waals surface area (Å²) >= 11 is 0. The highest BCUT2D eigenvalue weighted by molar-refractivity contribution is 5.77. The molecule has 1 aliphatic rings. The zero-order chi connectivity index (χ0) is 8.48. The third-order valence-corrected chi connectivity index (χ3v) is 2.45. The Balaban J connectivity index is 2.11. The smallest absolute Gasteiger partial charge is 0.233 e. The summed E-state index contributed by atoms with van der Waals surface area (Å²) in [6.45, 7) is 5.33. The Labute approximate surface area is 67.3 Å². The number of amides is 1. The van der Waals surface area contributed by atoms with E-state index in [-0.39, 0.29) is 12.5 Å². The molecular weight excluding hydrogens is 140 g/mol. The topological polar surface area (TPSA) is 55.1 Å². The van der Waals surface area contributed by atoms with Crippen LogP contribution in [0.2, 0.25) is 0 Å². The SMILES string of the molecule is CC1(C)CC1CNC(=O)CN. The van der Waals surface area contributed by atoms with E-state index in [1.165, 1.54) is 6.42 Å². The average molecular weight is 156 g/mol. The van der Waals surface area contributed by atoms with Gasteiger partial charge in [0.05, 0.1) is 6.54 Å². The predicted octanol–water partition coefficient (Wildman–Crippen LogP) is 0.107. The van der Waals surface area contributed by atoms with E-state index in [0.29, 0.717) is 11.3 Å². The molecule has 1 atom stereocenters. The van der Waals surface area contributed by atoms with Crippen molar-refractivity contribution in [3.05, 3.63) is 0 Å². The summed E-state index contributed by atoms with van der Waals surface area (Å²) in [5.41, 5.74) is 5.58. The lowest BCUT2D eigenvalue weighted by atomic mass is 10.1. The molecule has 1 unspecified atom stereocenters. The number of nitrogens with one attached hydrogen (secondary N) is 1. The summed E-state index contributed by atoms with van der Waals surface area (Å²) in [6, 6.07) is 0. The molecule has 11 heavy (non-hydrogen) atoms. The number of carbonyl (C=O) groups excluding carboxylic acids is 1. The Morgan fingerprint density at radius 1 is 1.73 bits per heavy atom. The van der Waals surface area contributed by atoms with Crippen molar-refractivity contribution >= 4 is 5.91 Å². The highest BCUT2D eigenvalue weighted by atomic mass is 16.1. The van der Waals surface area contributed by atoms with Crippen LogP contribution in [0.25, 0.3) is 0 Å². The molecule has 0 aromatic rings. The second-order valence-electron chi connectivity index (χ2n) is 3.90. The minimum absolute atomic E-state index is 0.0484. The summed E-state index contributed by atoms with van der Waals surface area (Å²) in [7, 11) is 0. The van der Waals surface area contributed by atoms with Gasteiger partial charge in [-0.3, -0.25) is 4.79 Å². The van der Waals surface area contributed by atoms with Crippen LogP contribution in [0.5, 0.6) is 0 Å². The van der Waals surface area contributed by atoms with E-state index >= 15 is 0 Å². The van der Waals surface area contributed by atoms with Crippen molar-refractivity contribution in [3.63, 3.8) is 0 Å². The second kappa shape index (κ2) is 2.81. The molecule has 0 aromatic carbocycles. The lowest BCUT2D eigenvalue weighted by Crippen LogP contribution is -2.32. The minimum atomic E-state index is -0.0484. The van der Waals surface area contributed by atoms with E-state index < -0.39 is 0 Å². The number of rotatable bonds is 3. The Morgan fingerprint density at radius 3 is 2.64 bits per heavy atom. The average Bonchev–Trinajstić information content (AvgIpc) is 2.54. The van der Waals surface area contributed by atoms with Gasteiger partial charge in [0, 0.05) is 6.54 Å².